The molecule has 2 aromatic rings. The van der Waals surface area contributed by atoms with E-state index in [4.69, 9.17) is 11.1 Å². The quantitative estimate of drug-likeness (QED) is 0.358. The summed E-state index contributed by atoms with van der Waals surface area (Å²) in [6.07, 6.45) is 5.16. The molecule has 1 atom stereocenters. The molecule has 1 unspecified atom stereocenters. The third kappa shape index (κ3) is 4.55. The van der Waals surface area contributed by atoms with Gasteiger partial charge in [0.05, 0.1) is 5.92 Å². The Labute approximate surface area is 178 Å². The van der Waals surface area contributed by atoms with Gasteiger partial charge in [0.2, 0.25) is 5.91 Å². The van der Waals surface area contributed by atoms with Gasteiger partial charge in [0.1, 0.15) is 5.84 Å². The largest absolute Gasteiger partial charge is 0.384 e. The van der Waals surface area contributed by atoms with Gasteiger partial charge in [-0.15, -0.1) is 0 Å². The standard InChI is InChI=1S/C24H31N5O/c25-23(26)20-10-6-9-18(16-20)21-17-19-8-2-3-11-22(19)29(24(21)30)15-5-1-4-13-28-14-7-12-27-28/h2-3,6,8-11,16,21,27H,1,4-5,7,12-15,17H2,(H3,25,26). The van der Waals surface area contributed by atoms with Crippen LogP contribution in [0.5, 0.6) is 0 Å². The van der Waals surface area contributed by atoms with Crippen molar-refractivity contribution in [1.82, 2.24) is 10.4 Å². The second-order valence-electron chi connectivity index (χ2n) is 8.22. The molecule has 30 heavy (non-hydrogen) atoms. The van der Waals surface area contributed by atoms with Crippen LogP contribution in [0.25, 0.3) is 0 Å². The van der Waals surface area contributed by atoms with Crippen molar-refractivity contribution in [2.45, 2.75) is 38.0 Å². The van der Waals surface area contributed by atoms with E-state index in [1.54, 1.807) is 0 Å². The van der Waals surface area contributed by atoms with Crippen LogP contribution < -0.4 is 16.1 Å². The molecule has 0 saturated carbocycles. The average molecular weight is 406 g/mol. The van der Waals surface area contributed by atoms with Crippen LogP contribution in [0.4, 0.5) is 5.69 Å². The maximum Gasteiger partial charge on any atom is 0.234 e. The van der Waals surface area contributed by atoms with Crippen molar-refractivity contribution in [3.8, 4) is 0 Å². The summed E-state index contributed by atoms with van der Waals surface area (Å²) in [7, 11) is 0. The van der Waals surface area contributed by atoms with Gasteiger partial charge in [-0.1, -0.05) is 42.8 Å². The number of amidine groups is 1. The second kappa shape index (κ2) is 9.41. The lowest BCUT2D eigenvalue weighted by Crippen LogP contribution is -2.41. The Balaban J connectivity index is 1.45. The Morgan fingerprint density at radius 3 is 2.73 bits per heavy atom. The van der Waals surface area contributed by atoms with Gasteiger partial charge < -0.3 is 10.6 Å². The van der Waals surface area contributed by atoms with Gasteiger partial charge in [0.15, 0.2) is 0 Å². The zero-order valence-electron chi connectivity index (χ0n) is 17.4. The molecule has 0 bridgehead atoms. The van der Waals surface area contributed by atoms with Gasteiger partial charge in [-0.25, -0.2) is 5.01 Å². The Bertz CT molecular complexity index is 906. The molecule has 4 N–H and O–H groups in total. The van der Waals surface area contributed by atoms with Crippen LogP contribution >= 0.6 is 0 Å². The van der Waals surface area contributed by atoms with Crippen LogP contribution in [0.1, 0.15) is 48.3 Å². The molecule has 2 aliphatic heterocycles. The van der Waals surface area contributed by atoms with E-state index in [9.17, 15) is 4.79 Å². The summed E-state index contributed by atoms with van der Waals surface area (Å²) < 4.78 is 0. The zero-order chi connectivity index (χ0) is 20.9. The first-order valence-corrected chi connectivity index (χ1v) is 11.0. The predicted octanol–water partition coefficient (Wildman–Crippen LogP) is 3.02. The summed E-state index contributed by atoms with van der Waals surface area (Å²) in [6.45, 7) is 4.04. The molecule has 4 rings (SSSR count). The molecule has 0 radical (unpaired) electrons. The number of carbonyl (C=O) groups is 1. The van der Waals surface area contributed by atoms with Gasteiger partial charge in [0.25, 0.3) is 0 Å². The number of hydrazine groups is 1. The maximum atomic E-state index is 13.5. The normalized spacial score (nSPS) is 19.1. The van der Waals surface area contributed by atoms with E-state index in [1.807, 2.05) is 41.3 Å². The molecule has 1 fully saturated rings. The first-order valence-electron chi connectivity index (χ1n) is 11.0. The number of nitrogens with two attached hydrogens (primary N) is 1. The molecule has 2 aromatic carbocycles. The number of benzene rings is 2. The number of nitrogens with one attached hydrogen (secondary N) is 2. The van der Waals surface area contributed by atoms with Crippen molar-refractivity contribution in [1.29, 1.82) is 5.41 Å². The molecular formula is C24H31N5O. The fraction of sp³-hybridized carbons (Fsp3) is 0.417. The minimum absolute atomic E-state index is 0.0323. The molecule has 0 aromatic heterocycles. The number of para-hydroxylation sites is 1. The fourth-order valence-corrected chi connectivity index (χ4v) is 4.50. The van der Waals surface area contributed by atoms with Crippen molar-refractivity contribution in [2.24, 2.45) is 5.73 Å². The maximum absolute atomic E-state index is 13.5. The lowest BCUT2D eigenvalue weighted by Gasteiger charge is -2.34. The molecular weight excluding hydrogens is 374 g/mol. The van der Waals surface area contributed by atoms with Crippen molar-refractivity contribution in [2.75, 3.05) is 31.1 Å². The predicted molar refractivity (Wildman–Crippen MR) is 121 cm³/mol. The molecule has 2 heterocycles. The van der Waals surface area contributed by atoms with E-state index in [2.05, 4.69) is 22.6 Å². The van der Waals surface area contributed by atoms with Crippen molar-refractivity contribution in [3.05, 3.63) is 65.2 Å². The fourth-order valence-electron chi connectivity index (χ4n) is 4.50. The Morgan fingerprint density at radius 1 is 1.10 bits per heavy atom. The van der Waals surface area contributed by atoms with E-state index >= 15 is 0 Å². The topological polar surface area (TPSA) is 85.5 Å². The second-order valence-corrected chi connectivity index (χ2v) is 8.22. The van der Waals surface area contributed by atoms with Gasteiger partial charge in [-0.05, 0) is 48.9 Å². The number of nitrogens with zero attached hydrogens (tertiary/aromatic N) is 2. The number of anilines is 1. The highest BCUT2D eigenvalue weighted by Crippen LogP contribution is 2.36. The molecule has 158 valence electrons. The third-order valence-electron chi connectivity index (χ3n) is 6.12. The molecule has 1 amide bonds. The third-order valence-corrected chi connectivity index (χ3v) is 6.12. The van der Waals surface area contributed by atoms with Crippen LogP contribution in [0, 0.1) is 5.41 Å². The van der Waals surface area contributed by atoms with E-state index in [-0.39, 0.29) is 17.7 Å². The smallest absolute Gasteiger partial charge is 0.234 e. The van der Waals surface area contributed by atoms with E-state index in [1.165, 1.54) is 12.0 Å². The number of hydrogen-bond donors (Lipinski definition) is 3. The van der Waals surface area contributed by atoms with Crippen LogP contribution in [-0.2, 0) is 11.2 Å². The Hall–Kier alpha value is -2.70. The van der Waals surface area contributed by atoms with Crippen LogP contribution in [0.2, 0.25) is 0 Å². The molecule has 0 aliphatic carbocycles. The number of amides is 1. The van der Waals surface area contributed by atoms with E-state index in [0.717, 1.165) is 56.7 Å². The van der Waals surface area contributed by atoms with E-state index < -0.39 is 0 Å². The number of nitrogen functional groups attached to an aromatic ring is 1. The van der Waals surface area contributed by atoms with Gasteiger partial charge in [0, 0.05) is 37.4 Å². The average Bonchev–Trinajstić information content (AvgIpc) is 3.28. The van der Waals surface area contributed by atoms with Crippen LogP contribution in [0.3, 0.4) is 0 Å². The lowest BCUT2D eigenvalue weighted by atomic mass is 9.85. The number of rotatable bonds is 8. The molecule has 1 saturated heterocycles. The summed E-state index contributed by atoms with van der Waals surface area (Å²) in [5.41, 5.74) is 12.9. The van der Waals surface area contributed by atoms with Crippen LogP contribution in [-0.4, -0.2) is 42.9 Å². The summed E-state index contributed by atoms with van der Waals surface area (Å²) >= 11 is 0. The van der Waals surface area contributed by atoms with Gasteiger partial charge >= 0.3 is 0 Å². The lowest BCUT2D eigenvalue weighted by molar-refractivity contribution is -0.120. The Kier molecular flexibility index (Phi) is 6.45. The Morgan fingerprint density at radius 2 is 1.93 bits per heavy atom. The zero-order valence-corrected chi connectivity index (χ0v) is 17.4. The number of hydrogen-bond acceptors (Lipinski definition) is 4. The summed E-state index contributed by atoms with van der Waals surface area (Å²) in [5.74, 6) is -0.0477. The highest BCUT2D eigenvalue weighted by molar-refractivity contribution is 6.01. The summed E-state index contributed by atoms with van der Waals surface area (Å²) in [6, 6.07) is 15.8. The highest BCUT2D eigenvalue weighted by atomic mass is 16.2. The SMILES string of the molecule is N=C(N)c1cccc(C2Cc3ccccc3N(CCCCCN3CCCN3)C2=O)c1. The van der Waals surface area contributed by atoms with Crippen molar-refractivity contribution in [3.63, 3.8) is 0 Å². The molecule has 2 aliphatic rings. The minimum Gasteiger partial charge on any atom is -0.384 e. The van der Waals surface area contributed by atoms with Gasteiger partial charge in [-0.3, -0.25) is 15.6 Å². The van der Waals surface area contributed by atoms with Crippen molar-refractivity contribution >= 4 is 17.4 Å². The van der Waals surface area contributed by atoms with Gasteiger partial charge in [-0.2, -0.15) is 0 Å². The van der Waals surface area contributed by atoms with Crippen molar-refractivity contribution < 1.29 is 4.79 Å². The van der Waals surface area contributed by atoms with E-state index in [0.29, 0.717) is 12.0 Å². The number of carbonyl (C=O) groups excluding carboxylic acids is 1. The molecule has 0 spiro atoms. The molecule has 6 heteroatoms. The number of fused-ring (bicyclic) bond motifs is 1. The first kappa shape index (κ1) is 20.6. The summed E-state index contributed by atoms with van der Waals surface area (Å²) in [5, 5.41) is 10.0. The highest BCUT2D eigenvalue weighted by Gasteiger charge is 2.33. The summed E-state index contributed by atoms with van der Waals surface area (Å²) in [4.78, 5) is 15.4. The monoisotopic (exact) mass is 405 g/mol. The van der Waals surface area contributed by atoms with Crippen LogP contribution in [0.15, 0.2) is 48.5 Å². The number of unbranched alkanes of at least 4 members (excludes halogenated alkanes) is 2. The first-order chi connectivity index (χ1) is 14.6. The molecule has 6 nitrogen and oxygen atoms in total. The minimum atomic E-state index is -0.229.